The number of hydrogen-bond acceptors (Lipinski definition) is 4. The van der Waals surface area contributed by atoms with Gasteiger partial charge in [0.1, 0.15) is 17.4 Å². The zero-order valence-corrected chi connectivity index (χ0v) is 5.98. The molecule has 0 aliphatic rings. The third-order valence-electron chi connectivity index (χ3n) is 1.47. The third kappa shape index (κ3) is 0.815. The highest BCUT2D eigenvalue weighted by Crippen LogP contribution is 2.08. The summed E-state index contributed by atoms with van der Waals surface area (Å²) in [6.45, 7) is 0. The van der Waals surface area contributed by atoms with E-state index in [0.29, 0.717) is 11.0 Å². The first-order valence-corrected chi connectivity index (χ1v) is 3.23. The lowest BCUT2D eigenvalue weighted by Crippen LogP contribution is -2.13. The molecule has 2 aromatic rings. The van der Waals surface area contributed by atoms with Gasteiger partial charge in [0, 0.05) is 0 Å². The Bertz CT molecular complexity index is 434. The van der Waals surface area contributed by atoms with E-state index in [9.17, 15) is 4.79 Å². The monoisotopic (exact) mass is 163 g/mol. The lowest BCUT2D eigenvalue weighted by Gasteiger charge is -1.93. The van der Waals surface area contributed by atoms with Crippen LogP contribution in [0, 0.1) is 0 Å². The Balaban J connectivity index is 2.82. The van der Waals surface area contributed by atoms with Crippen LogP contribution in [0.25, 0.3) is 11.0 Å². The minimum absolute atomic E-state index is 0.164. The van der Waals surface area contributed by atoms with Crippen LogP contribution in [-0.4, -0.2) is 26.1 Å². The fourth-order valence-corrected chi connectivity index (χ4v) is 0.952. The summed E-state index contributed by atoms with van der Waals surface area (Å²) in [5.74, 6) is -0.591. The summed E-state index contributed by atoms with van der Waals surface area (Å²) >= 11 is 0. The highest BCUT2D eigenvalue weighted by atomic mass is 16.1. The quantitative estimate of drug-likeness (QED) is 0.589. The maximum atomic E-state index is 10.8. The molecule has 0 saturated carbocycles. The number of aromatic nitrogens is 4. The molecule has 0 aliphatic heterocycles. The predicted octanol–water partition coefficient (Wildman–Crippen LogP) is -0.548. The molecule has 1 amide bonds. The summed E-state index contributed by atoms with van der Waals surface area (Å²) in [6.07, 6.45) is 2.78. The molecule has 3 N–H and O–H groups in total. The lowest BCUT2D eigenvalue weighted by atomic mass is 10.3. The maximum Gasteiger partial charge on any atom is 0.269 e. The van der Waals surface area contributed by atoms with E-state index in [-0.39, 0.29) is 5.69 Å². The summed E-state index contributed by atoms with van der Waals surface area (Å²) in [5.41, 5.74) is 6.29. The van der Waals surface area contributed by atoms with E-state index in [2.05, 4.69) is 20.2 Å². The largest absolute Gasteiger partial charge is 0.364 e. The van der Waals surface area contributed by atoms with Gasteiger partial charge in [-0.1, -0.05) is 0 Å². The SMILES string of the molecule is NC(=O)c1ncnc2cn[nH]c12. The molecular weight excluding hydrogens is 158 g/mol. The first-order chi connectivity index (χ1) is 5.79. The molecule has 0 unspecified atom stereocenters. The number of H-pyrrole nitrogens is 1. The van der Waals surface area contributed by atoms with Crippen molar-refractivity contribution in [3.63, 3.8) is 0 Å². The van der Waals surface area contributed by atoms with Gasteiger partial charge in [-0.3, -0.25) is 9.89 Å². The Labute approximate surface area is 66.8 Å². The molecule has 0 saturated heterocycles. The second kappa shape index (κ2) is 2.26. The van der Waals surface area contributed by atoms with Crippen molar-refractivity contribution in [3.05, 3.63) is 18.2 Å². The number of aromatic amines is 1. The molecule has 12 heavy (non-hydrogen) atoms. The molecule has 6 heteroatoms. The molecule has 0 bridgehead atoms. The van der Waals surface area contributed by atoms with E-state index in [0.717, 1.165) is 0 Å². The second-order valence-electron chi connectivity index (χ2n) is 2.22. The average Bonchev–Trinajstić information content (AvgIpc) is 2.49. The number of carbonyl (C=O) groups excluding carboxylic acids is 1. The van der Waals surface area contributed by atoms with Crippen LogP contribution >= 0.6 is 0 Å². The first kappa shape index (κ1) is 6.71. The molecule has 2 heterocycles. The van der Waals surface area contributed by atoms with Gasteiger partial charge in [0.25, 0.3) is 5.91 Å². The number of nitrogens with two attached hydrogens (primary N) is 1. The van der Waals surface area contributed by atoms with Crippen LogP contribution in [0.1, 0.15) is 10.5 Å². The van der Waals surface area contributed by atoms with Crippen molar-refractivity contribution in [2.24, 2.45) is 5.73 Å². The Kier molecular flexibility index (Phi) is 1.26. The van der Waals surface area contributed by atoms with E-state index in [4.69, 9.17) is 5.73 Å². The van der Waals surface area contributed by atoms with Crippen molar-refractivity contribution in [2.75, 3.05) is 0 Å². The van der Waals surface area contributed by atoms with Crippen LogP contribution in [0.15, 0.2) is 12.5 Å². The highest BCUT2D eigenvalue weighted by molar-refractivity contribution is 6.01. The Hall–Kier alpha value is -1.98. The summed E-state index contributed by atoms with van der Waals surface area (Å²) in [5, 5.41) is 6.30. The Morgan fingerprint density at radius 3 is 3.08 bits per heavy atom. The second-order valence-corrected chi connectivity index (χ2v) is 2.22. The van der Waals surface area contributed by atoms with Crippen LogP contribution in [0.5, 0.6) is 0 Å². The van der Waals surface area contributed by atoms with E-state index >= 15 is 0 Å². The fourth-order valence-electron chi connectivity index (χ4n) is 0.952. The van der Waals surface area contributed by atoms with Crippen LogP contribution in [0.3, 0.4) is 0 Å². The molecule has 0 radical (unpaired) electrons. The highest BCUT2D eigenvalue weighted by Gasteiger charge is 2.09. The number of nitrogens with zero attached hydrogens (tertiary/aromatic N) is 3. The van der Waals surface area contributed by atoms with Gasteiger partial charge in [0.2, 0.25) is 0 Å². The Morgan fingerprint density at radius 1 is 1.50 bits per heavy atom. The Morgan fingerprint density at radius 2 is 2.33 bits per heavy atom. The first-order valence-electron chi connectivity index (χ1n) is 3.23. The number of fused-ring (bicyclic) bond motifs is 1. The standard InChI is InChI=1S/C6H5N5O/c7-6(12)5-4-3(1-10-11-4)8-2-9-5/h1-2H,(H2,7,12)(H,10,11). The van der Waals surface area contributed by atoms with Crippen molar-refractivity contribution < 1.29 is 4.79 Å². The lowest BCUT2D eigenvalue weighted by molar-refractivity contribution is 0.0997. The molecule has 6 nitrogen and oxygen atoms in total. The molecule has 0 spiro atoms. The van der Waals surface area contributed by atoms with Crippen molar-refractivity contribution >= 4 is 16.9 Å². The van der Waals surface area contributed by atoms with Crippen LogP contribution in [0.4, 0.5) is 0 Å². The molecule has 2 aromatic heterocycles. The molecule has 2 rings (SSSR count). The summed E-state index contributed by atoms with van der Waals surface area (Å²) < 4.78 is 0. The van der Waals surface area contributed by atoms with Crippen molar-refractivity contribution in [3.8, 4) is 0 Å². The normalized spacial score (nSPS) is 10.3. The van der Waals surface area contributed by atoms with Gasteiger partial charge in [0.15, 0.2) is 5.69 Å². The molecular formula is C6H5N5O. The summed E-state index contributed by atoms with van der Waals surface area (Å²) in [7, 11) is 0. The molecule has 0 aromatic carbocycles. The number of nitrogens with one attached hydrogen (secondary N) is 1. The van der Waals surface area contributed by atoms with Gasteiger partial charge >= 0.3 is 0 Å². The number of primary amides is 1. The van der Waals surface area contributed by atoms with E-state index in [1.807, 2.05) is 0 Å². The molecule has 0 atom stereocenters. The minimum Gasteiger partial charge on any atom is -0.364 e. The van der Waals surface area contributed by atoms with E-state index in [1.54, 1.807) is 0 Å². The van der Waals surface area contributed by atoms with Crippen LogP contribution in [0.2, 0.25) is 0 Å². The number of amides is 1. The maximum absolute atomic E-state index is 10.8. The van der Waals surface area contributed by atoms with E-state index < -0.39 is 5.91 Å². The smallest absolute Gasteiger partial charge is 0.269 e. The average molecular weight is 163 g/mol. The molecule has 60 valence electrons. The number of rotatable bonds is 1. The van der Waals surface area contributed by atoms with Crippen LogP contribution < -0.4 is 5.73 Å². The van der Waals surface area contributed by atoms with Crippen molar-refractivity contribution in [1.82, 2.24) is 20.2 Å². The fraction of sp³-hybridized carbons (Fsp3) is 0. The van der Waals surface area contributed by atoms with Gasteiger partial charge in [-0.2, -0.15) is 5.10 Å². The van der Waals surface area contributed by atoms with Crippen molar-refractivity contribution in [1.29, 1.82) is 0 Å². The molecule has 0 aliphatic carbocycles. The van der Waals surface area contributed by atoms with E-state index in [1.165, 1.54) is 12.5 Å². The van der Waals surface area contributed by atoms with Gasteiger partial charge in [-0.25, -0.2) is 9.97 Å². The topological polar surface area (TPSA) is 97.6 Å². The zero-order chi connectivity index (χ0) is 8.55. The van der Waals surface area contributed by atoms with Crippen molar-refractivity contribution in [2.45, 2.75) is 0 Å². The third-order valence-corrected chi connectivity index (χ3v) is 1.47. The summed E-state index contributed by atoms with van der Waals surface area (Å²) in [6, 6.07) is 0. The minimum atomic E-state index is -0.591. The van der Waals surface area contributed by atoms with Gasteiger partial charge in [-0.05, 0) is 0 Å². The summed E-state index contributed by atoms with van der Waals surface area (Å²) in [4.78, 5) is 18.4. The number of carbonyl (C=O) groups is 1. The van der Waals surface area contributed by atoms with Gasteiger partial charge in [-0.15, -0.1) is 0 Å². The van der Waals surface area contributed by atoms with Crippen LogP contribution in [-0.2, 0) is 0 Å². The zero-order valence-electron chi connectivity index (χ0n) is 5.98. The van der Waals surface area contributed by atoms with Gasteiger partial charge < -0.3 is 5.73 Å². The predicted molar refractivity (Wildman–Crippen MR) is 40.2 cm³/mol. The van der Waals surface area contributed by atoms with Gasteiger partial charge in [0.05, 0.1) is 6.20 Å². The number of hydrogen-bond donors (Lipinski definition) is 2. The molecule has 0 fully saturated rings.